The Morgan fingerprint density at radius 2 is 0.909 bits per heavy atom. The van der Waals surface area contributed by atoms with Crippen LogP contribution in [0.2, 0.25) is 0 Å². The molecule has 1 fully saturated rings. The molecule has 0 heterocycles. The first-order valence-electron chi connectivity index (χ1n) is 17.4. The molecule has 1 aliphatic carbocycles. The lowest BCUT2D eigenvalue weighted by Gasteiger charge is -2.42. The second-order valence-corrected chi connectivity index (χ2v) is 13.4. The van der Waals surface area contributed by atoms with Crippen molar-refractivity contribution in [1.29, 1.82) is 0 Å². The number of benzene rings is 4. The summed E-state index contributed by atoms with van der Waals surface area (Å²) in [6.07, 6.45) is 13.7. The van der Waals surface area contributed by atoms with E-state index in [4.69, 9.17) is 11.5 Å². The van der Waals surface area contributed by atoms with Gasteiger partial charge in [0.25, 0.3) is 0 Å². The van der Waals surface area contributed by atoms with Gasteiger partial charge in [-0.1, -0.05) is 126 Å². The van der Waals surface area contributed by atoms with Gasteiger partial charge in [0, 0.05) is 28.6 Å². The van der Waals surface area contributed by atoms with Crippen LogP contribution in [-0.4, -0.2) is 0 Å². The topological polar surface area (TPSA) is 52.0 Å². The first-order valence-corrected chi connectivity index (χ1v) is 17.4. The Kier molecular flexibility index (Phi) is 10.9. The van der Waals surface area contributed by atoms with Crippen molar-refractivity contribution in [1.82, 2.24) is 0 Å². The lowest BCUT2D eigenvalue weighted by atomic mass is 9.62. The maximum absolute atomic E-state index is 6.02. The number of nitrogen functional groups attached to an aromatic ring is 2. The van der Waals surface area contributed by atoms with Gasteiger partial charge in [0.2, 0.25) is 0 Å². The van der Waals surface area contributed by atoms with Gasteiger partial charge in [-0.05, 0) is 102 Å². The molecular weight excluding hydrogens is 532 g/mol. The van der Waals surface area contributed by atoms with Crippen LogP contribution in [0.25, 0.3) is 0 Å². The summed E-state index contributed by atoms with van der Waals surface area (Å²) in [5.41, 5.74) is 22.3. The van der Waals surface area contributed by atoms with Crippen LogP contribution in [0.5, 0.6) is 0 Å². The smallest absolute Gasteiger partial charge is 0.0314 e. The Morgan fingerprint density at radius 1 is 0.545 bits per heavy atom. The van der Waals surface area contributed by atoms with E-state index in [1.54, 1.807) is 0 Å². The van der Waals surface area contributed by atoms with Crippen molar-refractivity contribution in [2.24, 2.45) is 5.92 Å². The molecule has 2 unspecified atom stereocenters. The molecule has 4 N–H and O–H groups in total. The third-order valence-electron chi connectivity index (χ3n) is 10.5. The molecule has 232 valence electrons. The minimum Gasteiger partial charge on any atom is -0.399 e. The van der Waals surface area contributed by atoms with Crippen LogP contribution < -0.4 is 11.5 Å². The number of nitrogens with two attached hydrogens (primary N) is 2. The summed E-state index contributed by atoms with van der Waals surface area (Å²) >= 11 is 0. The van der Waals surface area contributed by atoms with Gasteiger partial charge in [0.05, 0.1) is 0 Å². The van der Waals surface area contributed by atoms with E-state index in [1.165, 1.54) is 78.3 Å². The van der Waals surface area contributed by atoms with Crippen LogP contribution >= 0.6 is 0 Å². The quantitative estimate of drug-likeness (QED) is 0.153. The molecule has 0 spiro atoms. The number of unbranched alkanes of at least 4 members (excludes halogenated alkanes) is 1. The van der Waals surface area contributed by atoms with Gasteiger partial charge in [-0.2, -0.15) is 0 Å². The van der Waals surface area contributed by atoms with Crippen LogP contribution in [0.1, 0.15) is 137 Å². The summed E-state index contributed by atoms with van der Waals surface area (Å²) < 4.78 is 0. The molecule has 1 saturated carbocycles. The highest BCUT2D eigenvalue weighted by Crippen LogP contribution is 2.48. The molecule has 2 heteroatoms. The molecule has 5 rings (SSSR count). The van der Waals surface area contributed by atoms with E-state index < -0.39 is 0 Å². The molecule has 4 aromatic carbocycles. The van der Waals surface area contributed by atoms with E-state index in [9.17, 15) is 0 Å². The molecule has 0 aliphatic heterocycles. The molecule has 4 aromatic rings. The Balaban J connectivity index is 1.47. The molecule has 44 heavy (non-hydrogen) atoms. The molecule has 2 atom stereocenters. The largest absolute Gasteiger partial charge is 0.399 e. The van der Waals surface area contributed by atoms with Crippen LogP contribution in [-0.2, 0) is 5.41 Å². The normalized spacial score (nSPS) is 19.8. The minimum atomic E-state index is 0.0721. The Bertz CT molecular complexity index is 1310. The summed E-state index contributed by atoms with van der Waals surface area (Å²) in [5, 5.41) is 0. The van der Waals surface area contributed by atoms with E-state index in [-0.39, 0.29) is 5.41 Å². The maximum atomic E-state index is 6.02. The number of rotatable bonds is 13. The van der Waals surface area contributed by atoms with Gasteiger partial charge >= 0.3 is 0 Å². The highest BCUT2D eigenvalue weighted by molar-refractivity contribution is 5.47. The van der Waals surface area contributed by atoms with E-state index in [0.717, 1.165) is 43.0 Å². The van der Waals surface area contributed by atoms with Crippen molar-refractivity contribution < 1.29 is 0 Å². The van der Waals surface area contributed by atoms with Crippen LogP contribution in [0.4, 0.5) is 11.4 Å². The predicted octanol–water partition coefficient (Wildman–Crippen LogP) is 11.4. The standard InChI is InChI=1S/C42H54N2/c1-4-7-10-31-27-29-42(30-28-31,36-19-11-32(12-20-36)40(8-5-2)34-15-23-38(43)24-16-34)37-21-13-33(14-22-37)41(9-6-3)35-17-25-39(44)26-18-35/h11-26,31,40-41H,4-10,27-30,43-44H2,1-3H3. The van der Waals surface area contributed by atoms with E-state index >= 15 is 0 Å². The number of hydrogen-bond donors (Lipinski definition) is 2. The van der Waals surface area contributed by atoms with Crippen molar-refractivity contribution in [3.8, 4) is 0 Å². The highest BCUT2D eigenvalue weighted by Gasteiger charge is 2.38. The van der Waals surface area contributed by atoms with Gasteiger partial charge in [-0.25, -0.2) is 0 Å². The lowest BCUT2D eigenvalue weighted by Crippen LogP contribution is -2.33. The summed E-state index contributed by atoms with van der Waals surface area (Å²) in [5.74, 6) is 1.66. The van der Waals surface area contributed by atoms with Gasteiger partial charge in [0.1, 0.15) is 0 Å². The van der Waals surface area contributed by atoms with Crippen LogP contribution in [0.3, 0.4) is 0 Å². The first-order chi connectivity index (χ1) is 21.5. The summed E-state index contributed by atoms with van der Waals surface area (Å²) in [7, 11) is 0. The Labute approximate surface area is 267 Å². The molecule has 2 nitrogen and oxygen atoms in total. The summed E-state index contributed by atoms with van der Waals surface area (Å²) in [6, 6.07) is 36.5. The molecule has 0 aromatic heterocycles. The second-order valence-electron chi connectivity index (χ2n) is 13.4. The van der Waals surface area contributed by atoms with Crippen LogP contribution in [0, 0.1) is 5.92 Å². The fraction of sp³-hybridized carbons (Fsp3) is 0.429. The molecular formula is C42H54N2. The fourth-order valence-electron chi connectivity index (χ4n) is 7.85. The zero-order chi connectivity index (χ0) is 30.9. The third-order valence-corrected chi connectivity index (χ3v) is 10.5. The number of hydrogen-bond acceptors (Lipinski definition) is 2. The van der Waals surface area contributed by atoms with Crippen molar-refractivity contribution >= 4 is 11.4 Å². The SMILES string of the molecule is CCCCC1CCC(c2ccc(C(CCC)c3ccc(N)cc3)cc2)(c2ccc(C(CCC)c3ccc(N)cc3)cc2)CC1. The summed E-state index contributed by atoms with van der Waals surface area (Å²) in [4.78, 5) is 0. The lowest BCUT2D eigenvalue weighted by molar-refractivity contribution is 0.251. The maximum Gasteiger partial charge on any atom is 0.0314 e. The van der Waals surface area contributed by atoms with Crippen molar-refractivity contribution in [3.63, 3.8) is 0 Å². The van der Waals surface area contributed by atoms with E-state index in [0.29, 0.717) is 11.8 Å². The Hall–Kier alpha value is -3.52. The van der Waals surface area contributed by atoms with Crippen molar-refractivity contribution in [3.05, 3.63) is 130 Å². The third kappa shape index (κ3) is 7.23. The zero-order valence-corrected chi connectivity index (χ0v) is 27.4. The Morgan fingerprint density at radius 3 is 1.25 bits per heavy atom. The van der Waals surface area contributed by atoms with Crippen LogP contribution in [0.15, 0.2) is 97.1 Å². The fourth-order valence-corrected chi connectivity index (χ4v) is 7.85. The average Bonchev–Trinajstić information content (AvgIpc) is 3.07. The van der Waals surface area contributed by atoms with Crippen molar-refractivity contribution in [2.45, 2.75) is 109 Å². The number of anilines is 2. The molecule has 0 bridgehead atoms. The summed E-state index contributed by atoms with van der Waals surface area (Å²) in [6.45, 7) is 6.89. The van der Waals surface area contributed by atoms with Crippen molar-refractivity contribution in [2.75, 3.05) is 11.5 Å². The minimum absolute atomic E-state index is 0.0721. The first kappa shape index (κ1) is 31.9. The monoisotopic (exact) mass is 586 g/mol. The van der Waals surface area contributed by atoms with Gasteiger partial charge in [-0.3, -0.25) is 0 Å². The molecule has 0 amide bonds. The predicted molar refractivity (Wildman–Crippen MR) is 190 cm³/mol. The molecule has 0 radical (unpaired) electrons. The molecule has 1 aliphatic rings. The van der Waals surface area contributed by atoms with Gasteiger partial charge < -0.3 is 11.5 Å². The average molecular weight is 587 g/mol. The zero-order valence-electron chi connectivity index (χ0n) is 27.4. The van der Waals surface area contributed by atoms with E-state index in [1.807, 2.05) is 24.3 Å². The van der Waals surface area contributed by atoms with E-state index in [2.05, 4.69) is 93.6 Å². The highest BCUT2D eigenvalue weighted by atomic mass is 14.5. The van der Waals surface area contributed by atoms with Gasteiger partial charge in [-0.15, -0.1) is 0 Å². The second kappa shape index (κ2) is 15.0. The van der Waals surface area contributed by atoms with Gasteiger partial charge in [0.15, 0.2) is 0 Å². The molecule has 0 saturated heterocycles.